The van der Waals surface area contributed by atoms with E-state index >= 15 is 0 Å². The zero-order valence-electron chi connectivity index (χ0n) is 13.3. The summed E-state index contributed by atoms with van der Waals surface area (Å²) >= 11 is 0. The van der Waals surface area contributed by atoms with Crippen molar-refractivity contribution in [3.63, 3.8) is 0 Å². The lowest BCUT2D eigenvalue weighted by Crippen LogP contribution is -2.62. The van der Waals surface area contributed by atoms with Crippen LogP contribution in [0.4, 0.5) is 0 Å². The molecule has 0 radical (unpaired) electrons. The number of carbonyl (C=O) groups excluding carboxylic acids is 1. The number of aromatic nitrogens is 4. The van der Waals surface area contributed by atoms with Crippen molar-refractivity contribution >= 4 is 5.91 Å². The molecule has 1 amide bonds. The van der Waals surface area contributed by atoms with E-state index in [0.29, 0.717) is 29.5 Å². The van der Waals surface area contributed by atoms with E-state index in [0.717, 1.165) is 13.0 Å². The molecule has 0 spiro atoms. The van der Waals surface area contributed by atoms with Crippen LogP contribution in [0.5, 0.6) is 0 Å². The van der Waals surface area contributed by atoms with Crippen LogP contribution < -0.4 is 5.32 Å². The monoisotopic (exact) mass is 329 g/mol. The fraction of sp³-hybridized carbons (Fsp3) is 0.500. The number of carbonyl (C=O) groups is 1. The Morgan fingerprint density at radius 3 is 3.12 bits per heavy atom. The highest BCUT2D eigenvalue weighted by molar-refractivity contribution is 6.00. The number of nitrogens with one attached hydrogen (secondary N) is 2. The highest BCUT2D eigenvalue weighted by Gasteiger charge is 2.54. The first-order valence-electron chi connectivity index (χ1n) is 8.04. The van der Waals surface area contributed by atoms with Gasteiger partial charge in [0.15, 0.2) is 0 Å². The van der Waals surface area contributed by atoms with Gasteiger partial charge in [-0.25, -0.2) is 0 Å². The Labute approximate surface area is 138 Å². The van der Waals surface area contributed by atoms with Gasteiger partial charge in [0.25, 0.3) is 5.91 Å². The minimum atomic E-state index is -0.133. The quantitative estimate of drug-likeness (QED) is 0.835. The van der Waals surface area contributed by atoms with E-state index in [2.05, 4.69) is 25.9 Å². The first-order chi connectivity index (χ1) is 11.8. The highest BCUT2D eigenvalue weighted by Crippen LogP contribution is 2.43. The van der Waals surface area contributed by atoms with Crippen LogP contribution in [0.1, 0.15) is 16.8 Å². The van der Waals surface area contributed by atoms with E-state index < -0.39 is 0 Å². The van der Waals surface area contributed by atoms with Crippen molar-refractivity contribution in [1.29, 1.82) is 0 Å². The number of aromatic amines is 1. The molecular weight excluding hydrogens is 310 g/mol. The van der Waals surface area contributed by atoms with Crippen molar-refractivity contribution in [2.45, 2.75) is 18.6 Å². The molecule has 0 bridgehead atoms. The molecule has 1 aliphatic carbocycles. The Morgan fingerprint density at radius 1 is 1.46 bits per heavy atom. The normalized spacial score (nSPS) is 28.2. The second-order valence-corrected chi connectivity index (χ2v) is 6.19. The molecule has 1 aromatic heterocycles. The first kappa shape index (κ1) is 15.2. The number of ether oxygens (including phenoxy) is 2. The predicted octanol–water partition coefficient (Wildman–Crippen LogP) is 0.646. The van der Waals surface area contributed by atoms with Gasteiger partial charge in [-0.3, -0.25) is 4.79 Å². The lowest BCUT2D eigenvalue weighted by molar-refractivity contribution is -0.0809. The van der Waals surface area contributed by atoms with Crippen LogP contribution in [0.25, 0.3) is 11.4 Å². The van der Waals surface area contributed by atoms with E-state index in [9.17, 15) is 4.79 Å². The molecule has 2 fully saturated rings. The molecule has 4 rings (SSSR count). The number of hydrogen-bond donors (Lipinski definition) is 2. The molecule has 1 aromatic carbocycles. The Bertz CT molecular complexity index is 720. The third kappa shape index (κ3) is 2.47. The number of fused-ring (bicyclic) bond motifs is 1. The van der Waals surface area contributed by atoms with Crippen LogP contribution in [0.2, 0.25) is 0 Å². The summed E-state index contributed by atoms with van der Waals surface area (Å²) in [7, 11) is 1.67. The Balaban J connectivity index is 1.55. The summed E-state index contributed by atoms with van der Waals surface area (Å²) in [5.41, 5.74) is 1.20. The zero-order chi connectivity index (χ0) is 16.5. The van der Waals surface area contributed by atoms with Crippen LogP contribution in [-0.4, -0.2) is 59.0 Å². The van der Waals surface area contributed by atoms with Crippen LogP contribution in [0, 0.1) is 11.8 Å². The summed E-state index contributed by atoms with van der Waals surface area (Å²) in [6.45, 7) is 1.33. The Morgan fingerprint density at radius 2 is 2.33 bits per heavy atom. The minimum Gasteiger partial charge on any atom is -0.384 e. The van der Waals surface area contributed by atoms with E-state index in [-0.39, 0.29) is 24.0 Å². The van der Waals surface area contributed by atoms with Crippen molar-refractivity contribution in [2.24, 2.45) is 11.8 Å². The summed E-state index contributed by atoms with van der Waals surface area (Å²) in [6, 6.07) is 7.33. The maximum atomic E-state index is 12.8. The lowest BCUT2D eigenvalue weighted by Gasteiger charge is -2.47. The fourth-order valence-corrected chi connectivity index (χ4v) is 3.82. The van der Waals surface area contributed by atoms with E-state index in [4.69, 9.17) is 9.47 Å². The Hall–Kier alpha value is -2.32. The topological polar surface area (TPSA) is 102 Å². The van der Waals surface area contributed by atoms with E-state index in [1.165, 1.54) is 0 Å². The molecule has 8 heteroatoms. The predicted molar refractivity (Wildman–Crippen MR) is 84.1 cm³/mol. The SMILES string of the molecule is COC[C@@H]1[C@H](NC(=O)c2ccccc2-c2nn[nH]n2)[C@@H]2CCO[C@H]12. The van der Waals surface area contributed by atoms with Gasteiger partial charge in [-0.15, -0.1) is 10.2 Å². The van der Waals surface area contributed by atoms with Crippen molar-refractivity contribution in [3.8, 4) is 11.4 Å². The maximum absolute atomic E-state index is 12.8. The van der Waals surface area contributed by atoms with Gasteiger partial charge in [-0.1, -0.05) is 18.2 Å². The van der Waals surface area contributed by atoms with Gasteiger partial charge in [0, 0.05) is 37.2 Å². The molecule has 0 unspecified atom stereocenters. The summed E-state index contributed by atoms with van der Waals surface area (Å²) in [5, 5.41) is 17.1. The number of H-pyrrole nitrogens is 1. The van der Waals surface area contributed by atoms with Crippen molar-refractivity contribution in [1.82, 2.24) is 25.9 Å². The molecule has 4 atom stereocenters. The van der Waals surface area contributed by atoms with E-state index in [1.54, 1.807) is 13.2 Å². The molecule has 24 heavy (non-hydrogen) atoms. The van der Waals surface area contributed by atoms with Crippen molar-refractivity contribution < 1.29 is 14.3 Å². The van der Waals surface area contributed by atoms with Gasteiger partial charge in [0.05, 0.1) is 18.3 Å². The van der Waals surface area contributed by atoms with Crippen LogP contribution >= 0.6 is 0 Å². The number of nitrogens with zero attached hydrogens (tertiary/aromatic N) is 3. The maximum Gasteiger partial charge on any atom is 0.252 e. The average molecular weight is 329 g/mol. The molecule has 1 saturated carbocycles. The Kier molecular flexibility index (Phi) is 3.99. The molecule has 2 aromatic rings. The van der Waals surface area contributed by atoms with Gasteiger partial charge in [-0.05, 0) is 17.7 Å². The molecule has 2 aliphatic rings. The largest absolute Gasteiger partial charge is 0.384 e. The molecular formula is C16H19N5O3. The second-order valence-electron chi connectivity index (χ2n) is 6.19. The fourth-order valence-electron chi connectivity index (χ4n) is 3.82. The molecule has 2 N–H and O–H groups in total. The summed E-state index contributed by atoms with van der Waals surface area (Å²) in [4.78, 5) is 12.8. The van der Waals surface area contributed by atoms with Crippen LogP contribution in [-0.2, 0) is 9.47 Å². The summed E-state index contributed by atoms with van der Waals surface area (Å²) in [6.07, 6.45) is 1.17. The summed E-state index contributed by atoms with van der Waals surface area (Å²) in [5.74, 6) is 0.840. The van der Waals surface area contributed by atoms with Gasteiger partial charge in [0.1, 0.15) is 0 Å². The summed E-state index contributed by atoms with van der Waals surface area (Å²) < 4.78 is 11.0. The third-order valence-corrected chi connectivity index (χ3v) is 4.94. The molecule has 8 nitrogen and oxygen atoms in total. The standard InChI is InChI=1S/C16H19N5O3/c1-23-8-12-13(11-6-7-24-14(11)12)17-16(22)10-5-3-2-4-9(10)15-18-20-21-19-15/h2-5,11-14H,6-8H2,1H3,(H,17,22)(H,18,19,20,21)/t11-,12+,13+,14-/m0/s1. The number of amides is 1. The van der Waals surface area contributed by atoms with Gasteiger partial charge in [-0.2, -0.15) is 5.21 Å². The van der Waals surface area contributed by atoms with Crippen LogP contribution in [0.3, 0.4) is 0 Å². The van der Waals surface area contributed by atoms with Crippen molar-refractivity contribution in [3.05, 3.63) is 29.8 Å². The van der Waals surface area contributed by atoms with Gasteiger partial charge >= 0.3 is 0 Å². The lowest BCUT2D eigenvalue weighted by atomic mass is 9.67. The number of tetrazole rings is 1. The average Bonchev–Trinajstić information content (AvgIpc) is 3.27. The molecule has 126 valence electrons. The van der Waals surface area contributed by atoms with Crippen LogP contribution in [0.15, 0.2) is 24.3 Å². The zero-order valence-corrected chi connectivity index (χ0v) is 13.3. The third-order valence-electron chi connectivity index (χ3n) is 4.94. The number of methoxy groups -OCH3 is 1. The van der Waals surface area contributed by atoms with Gasteiger partial charge < -0.3 is 14.8 Å². The van der Waals surface area contributed by atoms with Crippen molar-refractivity contribution in [2.75, 3.05) is 20.3 Å². The van der Waals surface area contributed by atoms with E-state index in [1.807, 2.05) is 18.2 Å². The highest BCUT2D eigenvalue weighted by atomic mass is 16.5. The smallest absolute Gasteiger partial charge is 0.252 e. The molecule has 1 aliphatic heterocycles. The molecule has 1 saturated heterocycles. The first-order valence-corrected chi connectivity index (χ1v) is 8.04. The minimum absolute atomic E-state index is 0.0725. The number of rotatable bonds is 5. The molecule has 2 heterocycles. The number of benzene rings is 1. The number of hydrogen-bond acceptors (Lipinski definition) is 6. The second kappa shape index (κ2) is 6.29. The van der Waals surface area contributed by atoms with Gasteiger partial charge in [0.2, 0.25) is 5.82 Å².